The summed E-state index contributed by atoms with van der Waals surface area (Å²) in [5, 5.41) is 18.4. The Balaban J connectivity index is 1.52. The van der Waals surface area contributed by atoms with Gasteiger partial charge in [-0.05, 0) is 111 Å². The number of anilines is 3. The van der Waals surface area contributed by atoms with E-state index in [0.29, 0.717) is 0 Å². The molecule has 0 amide bonds. The van der Waals surface area contributed by atoms with Gasteiger partial charge >= 0.3 is 5.97 Å². The molecule has 0 saturated heterocycles. The molecule has 3 aromatic carbocycles. The Labute approximate surface area is 249 Å². The van der Waals surface area contributed by atoms with Gasteiger partial charge in [0.1, 0.15) is 11.6 Å². The van der Waals surface area contributed by atoms with Crippen LogP contribution >= 0.6 is 22.7 Å². The fourth-order valence-corrected chi connectivity index (χ4v) is 7.23. The van der Waals surface area contributed by atoms with E-state index < -0.39 is 5.97 Å². The molecule has 2 aromatic heterocycles. The molecule has 1 N–H and O–H groups in total. The van der Waals surface area contributed by atoms with Crippen molar-refractivity contribution in [1.29, 1.82) is 5.26 Å². The third-order valence-corrected chi connectivity index (χ3v) is 9.69. The van der Waals surface area contributed by atoms with Crippen LogP contribution in [0.5, 0.6) is 0 Å². The largest absolute Gasteiger partial charge is 0.477 e. The molecule has 0 radical (unpaired) electrons. The molecule has 2 heterocycles. The van der Waals surface area contributed by atoms with Crippen molar-refractivity contribution in [3.8, 4) is 26.3 Å². The number of nitrogens with zero attached hydrogens (tertiary/aromatic N) is 2. The number of carboxylic acid groups (broad SMARTS) is 1. The monoisotopic (exact) mass is 574 g/mol. The predicted molar refractivity (Wildman–Crippen MR) is 173 cm³/mol. The van der Waals surface area contributed by atoms with E-state index in [1.54, 1.807) is 17.4 Å². The van der Waals surface area contributed by atoms with Crippen molar-refractivity contribution in [3.63, 3.8) is 0 Å². The number of hydrogen-bond acceptors (Lipinski definition) is 5. The van der Waals surface area contributed by atoms with Gasteiger partial charge in [-0.3, -0.25) is 0 Å². The van der Waals surface area contributed by atoms with E-state index in [0.717, 1.165) is 37.3 Å². The summed E-state index contributed by atoms with van der Waals surface area (Å²) in [5.41, 5.74) is 10.1. The fourth-order valence-electron chi connectivity index (χ4n) is 4.78. The summed E-state index contributed by atoms with van der Waals surface area (Å²) < 4.78 is 0. The zero-order valence-corrected chi connectivity index (χ0v) is 25.3. The van der Waals surface area contributed by atoms with Crippen LogP contribution in [-0.4, -0.2) is 11.1 Å². The number of aryl methyl sites for hydroxylation is 5. The van der Waals surface area contributed by atoms with Gasteiger partial charge in [-0.25, -0.2) is 4.79 Å². The van der Waals surface area contributed by atoms with E-state index in [2.05, 4.69) is 111 Å². The standard InChI is InChI=1S/C35H30N2O2S2/c1-21-6-10-27(11-7-21)37(28-12-8-22(2)9-13-28)29-14-15-30(23(3)16-29)34-25(5)18-33(41-34)32-17-24(4)31(40-32)19-26(20-36)35(38)39/h6-19H,1-5H3,(H,38,39)/b26-19+. The number of thiophene rings is 2. The van der Waals surface area contributed by atoms with Crippen LogP contribution in [0.15, 0.2) is 84.4 Å². The molecule has 0 unspecified atom stereocenters. The predicted octanol–water partition coefficient (Wildman–Crippen LogP) is 10.1. The molecular formula is C35H30N2O2S2. The number of hydrogen-bond donors (Lipinski definition) is 1. The first-order chi connectivity index (χ1) is 19.6. The van der Waals surface area contributed by atoms with Gasteiger partial charge in [0.25, 0.3) is 0 Å². The van der Waals surface area contributed by atoms with Crippen molar-refractivity contribution in [2.24, 2.45) is 0 Å². The SMILES string of the molecule is Cc1ccc(N(c2ccc(C)cc2)c2ccc(-c3sc(-c4cc(C)c(/C=C(\C#N)C(=O)O)s4)cc3C)c(C)c2)cc1. The van der Waals surface area contributed by atoms with Crippen LogP contribution in [-0.2, 0) is 4.79 Å². The molecule has 41 heavy (non-hydrogen) atoms. The van der Waals surface area contributed by atoms with Crippen LogP contribution in [0.25, 0.3) is 26.3 Å². The van der Waals surface area contributed by atoms with Crippen molar-refractivity contribution in [2.45, 2.75) is 34.6 Å². The third-order valence-electron chi connectivity index (χ3n) is 7.04. The molecule has 0 spiro atoms. The molecule has 0 aliphatic rings. The molecule has 6 heteroatoms. The lowest BCUT2D eigenvalue weighted by Crippen LogP contribution is -2.10. The summed E-state index contributed by atoms with van der Waals surface area (Å²) >= 11 is 3.25. The van der Waals surface area contributed by atoms with E-state index in [4.69, 9.17) is 0 Å². The molecule has 4 nitrogen and oxygen atoms in total. The zero-order valence-electron chi connectivity index (χ0n) is 23.6. The fraction of sp³-hybridized carbons (Fsp3) is 0.143. The highest BCUT2D eigenvalue weighted by molar-refractivity contribution is 7.24. The quantitative estimate of drug-likeness (QED) is 0.155. The van der Waals surface area contributed by atoms with Crippen LogP contribution in [0.2, 0.25) is 0 Å². The average Bonchev–Trinajstić information content (AvgIpc) is 3.51. The molecule has 0 bridgehead atoms. The Morgan fingerprint density at radius 3 is 1.80 bits per heavy atom. The average molecular weight is 575 g/mol. The van der Waals surface area contributed by atoms with E-state index in [-0.39, 0.29) is 5.57 Å². The third kappa shape index (κ3) is 5.88. The summed E-state index contributed by atoms with van der Waals surface area (Å²) in [6.45, 7) is 10.4. The molecule has 0 aliphatic heterocycles. The highest BCUT2D eigenvalue weighted by atomic mass is 32.1. The van der Waals surface area contributed by atoms with Crippen LogP contribution in [0.3, 0.4) is 0 Å². The first-order valence-corrected chi connectivity index (χ1v) is 14.9. The highest BCUT2D eigenvalue weighted by Gasteiger charge is 2.18. The maximum Gasteiger partial charge on any atom is 0.346 e. The van der Waals surface area contributed by atoms with E-state index in [1.807, 2.05) is 6.92 Å². The van der Waals surface area contributed by atoms with Gasteiger partial charge < -0.3 is 10.0 Å². The van der Waals surface area contributed by atoms with Crippen molar-refractivity contribution in [3.05, 3.63) is 117 Å². The second kappa shape index (κ2) is 11.6. The van der Waals surface area contributed by atoms with Gasteiger partial charge in [-0.2, -0.15) is 5.26 Å². The number of carbonyl (C=O) groups is 1. The Morgan fingerprint density at radius 2 is 1.27 bits per heavy atom. The Hall–Kier alpha value is -4.44. The molecule has 204 valence electrons. The van der Waals surface area contributed by atoms with Crippen molar-refractivity contribution in [1.82, 2.24) is 0 Å². The Bertz CT molecular complexity index is 1770. The lowest BCUT2D eigenvalue weighted by atomic mass is 10.0. The van der Waals surface area contributed by atoms with Gasteiger partial charge in [-0.15, -0.1) is 22.7 Å². The summed E-state index contributed by atoms with van der Waals surface area (Å²) in [4.78, 5) is 17.8. The van der Waals surface area contributed by atoms with Gasteiger partial charge in [-0.1, -0.05) is 41.5 Å². The molecule has 0 atom stereocenters. The smallest absolute Gasteiger partial charge is 0.346 e. The van der Waals surface area contributed by atoms with Gasteiger partial charge in [0, 0.05) is 36.6 Å². The molecule has 0 saturated carbocycles. The molecule has 0 aliphatic carbocycles. The molecular weight excluding hydrogens is 545 g/mol. The van der Waals surface area contributed by atoms with E-state index >= 15 is 0 Å². The molecule has 5 rings (SSSR count). The van der Waals surface area contributed by atoms with Crippen molar-refractivity contribution < 1.29 is 9.90 Å². The van der Waals surface area contributed by atoms with Crippen LogP contribution in [0.4, 0.5) is 17.1 Å². The number of nitriles is 1. The zero-order chi connectivity index (χ0) is 29.3. The first-order valence-electron chi connectivity index (χ1n) is 13.3. The lowest BCUT2D eigenvalue weighted by molar-refractivity contribution is -0.132. The Morgan fingerprint density at radius 1 is 0.732 bits per heavy atom. The highest BCUT2D eigenvalue weighted by Crippen LogP contribution is 2.44. The van der Waals surface area contributed by atoms with Crippen LogP contribution in [0.1, 0.15) is 32.7 Å². The van der Waals surface area contributed by atoms with Crippen molar-refractivity contribution in [2.75, 3.05) is 4.90 Å². The lowest BCUT2D eigenvalue weighted by Gasteiger charge is -2.26. The molecule has 0 fully saturated rings. The first kappa shape index (κ1) is 28.1. The minimum atomic E-state index is -1.21. The van der Waals surface area contributed by atoms with Gasteiger partial charge in [0.05, 0.1) is 0 Å². The van der Waals surface area contributed by atoms with Crippen molar-refractivity contribution >= 4 is 51.8 Å². The number of aliphatic carboxylic acids is 1. The minimum Gasteiger partial charge on any atom is -0.477 e. The Kier molecular flexibility index (Phi) is 7.94. The van der Waals surface area contributed by atoms with Gasteiger partial charge in [0.15, 0.2) is 0 Å². The summed E-state index contributed by atoms with van der Waals surface area (Å²) in [6, 6.07) is 29.9. The topological polar surface area (TPSA) is 64.3 Å². The summed E-state index contributed by atoms with van der Waals surface area (Å²) in [6.07, 6.45) is 1.46. The maximum absolute atomic E-state index is 11.3. The van der Waals surface area contributed by atoms with Crippen LogP contribution < -0.4 is 4.90 Å². The van der Waals surface area contributed by atoms with E-state index in [9.17, 15) is 15.2 Å². The number of benzene rings is 3. The molecule has 5 aromatic rings. The van der Waals surface area contributed by atoms with Gasteiger partial charge in [0.2, 0.25) is 0 Å². The summed E-state index contributed by atoms with van der Waals surface area (Å²) in [7, 11) is 0. The maximum atomic E-state index is 11.3. The normalized spacial score (nSPS) is 11.4. The van der Waals surface area contributed by atoms with Crippen LogP contribution in [0, 0.1) is 45.9 Å². The van der Waals surface area contributed by atoms with E-state index in [1.165, 1.54) is 50.1 Å². The second-order valence-corrected chi connectivity index (χ2v) is 12.4. The second-order valence-electron chi connectivity index (χ2n) is 10.3. The number of rotatable bonds is 7. The number of carboxylic acids is 1. The summed E-state index contributed by atoms with van der Waals surface area (Å²) in [5.74, 6) is -1.21. The minimum absolute atomic E-state index is 0.259.